The van der Waals surface area contributed by atoms with Crippen molar-refractivity contribution >= 4 is 29.3 Å². The summed E-state index contributed by atoms with van der Waals surface area (Å²) < 4.78 is 18.7. The topological polar surface area (TPSA) is 38.3 Å². The number of hydrogen-bond donors (Lipinski definition) is 1. The molecular formula is C19H15ClFNO2. The largest absolute Gasteiger partial charge is 0.488 e. The van der Waals surface area contributed by atoms with Gasteiger partial charge in [0.2, 0.25) is 5.91 Å². The van der Waals surface area contributed by atoms with Crippen LogP contribution in [0.1, 0.15) is 11.1 Å². The van der Waals surface area contributed by atoms with Crippen molar-refractivity contribution in [1.82, 2.24) is 0 Å². The van der Waals surface area contributed by atoms with Crippen LogP contribution < -0.4 is 10.1 Å². The maximum atomic E-state index is 13.1. The molecule has 3 nitrogen and oxygen atoms in total. The van der Waals surface area contributed by atoms with Crippen molar-refractivity contribution in [2.75, 3.05) is 11.9 Å². The summed E-state index contributed by atoms with van der Waals surface area (Å²) in [5.74, 6) is 0.147. The molecule has 0 saturated heterocycles. The third-order valence-electron chi connectivity index (χ3n) is 3.60. The predicted molar refractivity (Wildman–Crippen MR) is 93.8 cm³/mol. The van der Waals surface area contributed by atoms with Crippen molar-refractivity contribution in [2.24, 2.45) is 0 Å². The maximum absolute atomic E-state index is 13.1. The molecule has 2 aromatic rings. The van der Waals surface area contributed by atoms with E-state index >= 15 is 0 Å². The Hall–Kier alpha value is -2.59. The molecule has 1 heterocycles. The highest BCUT2D eigenvalue weighted by atomic mass is 35.5. The van der Waals surface area contributed by atoms with Gasteiger partial charge >= 0.3 is 0 Å². The molecule has 0 aromatic heterocycles. The SMILES string of the molecule is Cc1cc(F)ccc1NC(=O)/C=C/C1=Cc2cc(Cl)ccc2OC1. The Balaban J connectivity index is 1.70. The lowest BCUT2D eigenvalue weighted by Gasteiger charge is -2.16. The van der Waals surface area contributed by atoms with Gasteiger partial charge < -0.3 is 10.1 Å². The lowest BCUT2D eigenvalue weighted by Crippen LogP contribution is -2.10. The van der Waals surface area contributed by atoms with Crippen LogP contribution in [0.25, 0.3) is 6.08 Å². The fraction of sp³-hybridized carbons (Fsp3) is 0.105. The van der Waals surface area contributed by atoms with Crippen molar-refractivity contribution in [1.29, 1.82) is 0 Å². The average molecular weight is 344 g/mol. The van der Waals surface area contributed by atoms with Crippen molar-refractivity contribution in [3.8, 4) is 5.75 Å². The number of anilines is 1. The number of amides is 1. The van der Waals surface area contributed by atoms with Gasteiger partial charge in [0.15, 0.2) is 0 Å². The third-order valence-corrected chi connectivity index (χ3v) is 3.84. The quantitative estimate of drug-likeness (QED) is 0.816. The molecule has 122 valence electrons. The van der Waals surface area contributed by atoms with Crippen molar-refractivity contribution in [2.45, 2.75) is 6.92 Å². The molecule has 0 atom stereocenters. The Bertz CT molecular complexity index is 858. The zero-order valence-electron chi connectivity index (χ0n) is 13.0. The lowest BCUT2D eigenvalue weighted by molar-refractivity contribution is -0.111. The molecule has 1 N–H and O–H groups in total. The number of ether oxygens (including phenoxy) is 1. The van der Waals surface area contributed by atoms with Gasteiger partial charge in [0.1, 0.15) is 18.2 Å². The standard InChI is InChI=1S/C19H15ClFNO2/c1-12-8-16(21)4-5-17(12)22-19(23)7-2-13-9-14-10-15(20)3-6-18(14)24-11-13/h2-10H,11H2,1H3,(H,22,23)/b7-2+. The van der Waals surface area contributed by atoms with Gasteiger partial charge in [-0.2, -0.15) is 0 Å². The number of carbonyl (C=O) groups is 1. The minimum absolute atomic E-state index is 0.289. The van der Waals surface area contributed by atoms with Gasteiger partial charge in [-0.15, -0.1) is 0 Å². The van der Waals surface area contributed by atoms with Crippen molar-refractivity contribution in [3.05, 3.63) is 76.1 Å². The Morgan fingerprint density at radius 2 is 2.12 bits per heavy atom. The second-order valence-corrected chi connectivity index (χ2v) is 5.91. The first-order valence-corrected chi connectivity index (χ1v) is 7.77. The Morgan fingerprint density at radius 1 is 1.29 bits per heavy atom. The Kier molecular flexibility index (Phi) is 4.67. The zero-order valence-corrected chi connectivity index (χ0v) is 13.7. The molecule has 0 aliphatic carbocycles. The van der Waals surface area contributed by atoms with E-state index in [1.165, 1.54) is 24.3 Å². The lowest BCUT2D eigenvalue weighted by atomic mass is 10.1. The van der Waals surface area contributed by atoms with Crippen LogP contribution in [0.5, 0.6) is 5.75 Å². The van der Waals surface area contributed by atoms with E-state index in [1.807, 2.05) is 18.2 Å². The second-order valence-electron chi connectivity index (χ2n) is 5.47. The minimum atomic E-state index is -0.331. The molecule has 2 aromatic carbocycles. The van der Waals surface area contributed by atoms with Gasteiger partial charge in [0.25, 0.3) is 0 Å². The van der Waals surface area contributed by atoms with E-state index in [-0.39, 0.29) is 11.7 Å². The monoisotopic (exact) mass is 343 g/mol. The average Bonchev–Trinajstić information content (AvgIpc) is 2.55. The van der Waals surface area contributed by atoms with Crippen LogP contribution in [0.2, 0.25) is 5.02 Å². The number of fused-ring (bicyclic) bond motifs is 1. The molecule has 5 heteroatoms. The molecule has 0 spiro atoms. The number of aryl methyl sites for hydroxylation is 1. The van der Waals surface area contributed by atoms with Crippen LogP contribution in [0.15, 0.2) is 54.1 Å². The smallest absolute Gasteiger partial charge is 0.248 e. The highest BCUT2D eigenvalue weighted by Gasteiger charge is 2.10. The van der Waals surface area contributed by atoms with E-state index in [1.54, 1.807) is 19.1 Å². The fourth-order valence-electron chi connectivity index (χ4n) is 2.39. The van der Waals surface area contributed by atoms with E-state index < -0.39 is 0 Å². The van der Waals surface area contributed by atoms with E-state index in [0.29, 0.717) is 22.9 Å². The third kappa shape index (κ3) is 3.84. The number of rotatable bonds is 3. The van der Waals surface area contributed by atoms with Gasteiger partial charge in [-0.1, -0.05) is 17.7 Å². The summed E-state index contributed by atoms with van der Waals surface area (Å²) in [7, 11) is 0. The highest BCUT2D eigenvalue weighted by molar-refractivity contribution is 6.30. The Labute approximate surface area is 144 Å². The number of benzene rings is 2. The van der Waals surface area contributed by atoms with E-state index in [4.69, 9.17) is 16.3 Å². The Morgan fingerprint density at radius 3 is 2.92 bits per heavy atom. The van der Waals surface area contributed by atoms with Crippen LogP contribution in [-0.4, -0.2) is 12.5 Å². The maximum Gasteiger partial charge on any atom is 0.248 e. The molecule has 0 saturated carbocycles. The molecule has 1 aliphatic rings. The molecule has 1 aliphatic heterocycles. The van der Waals surface area contributed by atoms with Gasteiger partial charge in [-0.25, -0.2) is 4.39 Å². The van der Waals surface area contributed by atoms with E-state index in [2.05, 4.69) is 5.32 Å². The van der Waals surface area contributed by atoms with Gasteiger partial charge in [-0.3, -0.25) is 4.79 Å². The first-order chi connectivity index (χ1) is 11.5. The molecule has 0 bridgehead atoms. The molecular weight excluding hydrogens is 329 g/mol. The zero-order chi connectivity index (χ0) is 17.1. The second kappa shape index (κ2) is 6.89. The van der Waals surface area contributed by atoms with Crippen LogP contribution in [0.4, 0.5) is 10.1 Å². The van der Waals surface area contributed by atoms with Crippen LogP contribution in [0.3, 0.4) is 0 Å². The molecule has 0 unspecified atom stereocenters. The summed E-state index contributed by atoms with van der Waals surface area (Å²) in [4.78, 5) is 12.0. The van der Waals surface area contributed by atoms with Crippen molar-refractivity contribution < 1.29 is 13.9 Å². The molecule has 0 radical (unpaired) electrons. The van der Waals surface area contributed by atoms with E-state index in [0.717, 1.165) is 16.9 Å². The number of hydrogen-bond acceptors (Lipinski definition) is 2. The summed E-state index contributed by atoms with van der Waals surface area (Å²) in [6, 6.07) is 9.62. The van der Waals surface area contributed by atoms with Gasteiger partial charge in [-0.05, 0) is 60.5 Å². The summed E-state index contributed by atoms with van der Waals surface area (Å²) in [5.41, 5.74) is 2.98. The van der Waals surface area contributed by atoms with Crippen LogP contribution in [-0.2, 0) is 4.79 Å². The van der Waals surface area contributed by atoms with Crippen LogP contribution >= 0.6 is 11.6 Å². The highest BCUT2D eigenvalue weighted by Crippen LogP contribution is 2.29. The van der Waals surface area contributed by atoms with Gasteiger partial charge in [0.05, 0.1) is 0 Å². The first-order valence-electron chi connectivity index (χ1n) is 7.39. The summed E-state index contributed by atoms with van der Waals surface area (Å²) in [6.07, 6.45) is 5.04. The molecule has 1 amide bonds. The summed E-state index contributed by atoms with van der Waals surface area (Å²) >= 11 is 5.97. The minimum Gasteiger partial charge on any atom is -0.488 e. The first kappa shape index (κ1) is 16.3. The number of halogens is 2. The molecule has 24 heavy (non-hydrogen) atoms. The summed E-state index contributed by atoms with van der Waals surface area (Å²) in [6.45, 7) is 2.12. The van der Waals surface area contributed by atoms with Crippen LogP contribution in [0, 0.1) is 12.7 Å². The number of nitrogens with one attached hydrogen (secondary N) is 1. The van der Waals surface area contributed by atoms with Crippen molar-refractivity contribution in [3.63, 3.8) is 0 Å². The predicted octanol–water partition coefficient (Wildman–Crippen LogP) is 4.76. The number of carbonyl (C=O) groups excluding carboxylic acids is 1. The van der Waals surface area contributed by atoms with Gasteiger partial charge in [0, 0.05) is 22.3 Å². The van der Waals surface area contributed by atoms with E-state index in [9.17, 15) is 9.18 Å². The summed E-state index contributed by atoms with van der Waals surface area (Å²) in [5, 5.41) is 3.35. The normalized spacial score (nSPS) is 13.2. The fourth-order valence-corrected chi connectivity index (χ4v) is 2.57. The molecule has 0 fully saturated rings. The molecule has 3 rings (SSSR count).